The number of ether oxygens (including phenoxy) is 1. The third kappa shape index (κ3) is 2.58. The number of nitrogens with two attached hydrogens (primary N) is 1. The first kappa shape index (κ1) is 11.5. The zero-order valence-corrected chi connectivity index (χ0v) is 10.2. The van der Waals surface area contributed by atoms with Crippen LogP contribution in [0.3, 0.4) is 0 Å². The number of hydrogen-bond acceptors (Lipinski definition) is 3. The van der Waals surface area contributed by atoms with Gasteiger partial charge in [-0.15, -0.1) is 0 Å². The normalized spacial score (nSPS) is 10.5. The third-order valence-corrected chi connectivity index (χ3v) is 2.52. The minimum atomic E-state index is 0.653. The summed E-state index contributed by atoms with van der Waals surface area (Å²) in [6, 6.07) is 9.76. The van der Waals surface area contributed by atoms with E-state index >= 15 is 0 Å². The van der Waals surface area contributed by atoms with Crippen molar-refractivity contribution < 1.29 is 4.74 Å². The first-order valence-electron chi connectivity index (χ1n) is 5.73. The molecule has 0 bridgehead atoms. The van der Waals surface area contributed by atoms with Crippen molar-refractivity contribution in [3.05, 3.63) is 30.3 Å². The summed E-state index contributed by atoms with van der Waals surface area (Å²) in [5.41, 5.74) is 7.65. The average Bonchev–Trinajstić information content (AvgIpc) is 2.68. The molecule has 0 aliphatic heterocycles. The highest BCUT2D eigenvalue weighted by Gasteiger charge is 2.05. The van der Waals surface area contributed by atoms with E-state index in [0.29, 0.717) is 5.82 Å². The molecule has 0 aliphatic carbocycles. The van der Waals surface area contributed by atoms with Gasteiger partial charge in [0, 0.05) is 18.7 Å². The molecule has 1 aromatic carbocycles. The number of aryl methyl sites for hydroxylation is 1. The van der Waals surface area contributed by atoms with Gasteiger partial charge in [-0.3, -0.25) is 4.68 Å². The molecule has 0 fully saturated rings. The lowest BCUT2D eigenvalue weighted by molar-refractivity contribution is 0.317. The summed E-state index contributed by atoms with van der Waals surface area (Å²) in [5.74, 6) is 1.52. The van der Waals surface area contributed by atoms with E-state index in [1.807, 2.05) is 37.4 Å². The fraction of sp³-hybridized carbons (Fsp3) is 0.308. The predicted molar refractivity (Wildman–Crippen MR) is 68.8 cm³/mol. The highest BCUT2D eigenvalue weighted by Crippen LogP contribution is 2.24. The summed E-state index contributed by atoms with van der Waals surface area (Å²) in [7, 11) is 1.83. The summed E-state index contributed by atoms with van der Waals surface area (Å²) in [5, 5.41) is 4.34. The Morgan fingerprint density at radius 2 is 2.18 bits per heavy atom. The van der Waals surface area contributed by atoms with Crippen molar-refractivity contribution in [3.63, 3.8) is 0 Å². The topological polar surface area (TPSA) is 53.1 Å². The van der Waals surface area contributed by atoms with Crippen LogP contribution in [-0.4, -0.2) is 16.4 Å². The Balaban J connectivity index is 2.26. The standard InChI is InChI=1S/C13H17N3O/c1-3-7-17-11-6-4-5-10(8-11)12-9-13(14)16(2)15-12/h4-6,8-9H,3,7,14H2,1-2H3. The monoisotopic (exact) mass is 231 g/mol. The lowest BCUT2D eigenvalue weighted by atomic mass is 10.1. The largest absolute Gasteiger partial charge is 0.494 e. The molecular formula is C13H17N3O. The van der Waals surface area contributed by atoms with Crippen LogP contribution in [0, 0.1) is 0 Å². The van der Waals surface area contributed by atoms with Gasteiger partial charge in [0.2, 0.25) is 0 Å². The molecule has 4 nitrogen and oxygen atoms in total. The Labute approximate surface area is 101 Å². The maximum atomic E-state index is 5.77. The van der Waals surface area contributed by atoms with Crippen LogP contribution in [0.5, 0.6) is 5.75 Å². The van der Waals surface area contributed by atoms with Crippen LogP contribution in [0.2, 0.25) is 0 Å². The Kier molecular flexibility index (Phi) is 3.32. The van der Waals surface area contributed by atoms with Gasteiger partial charge in [-0.2, -0.15) is 5.10 Å². The number of nitrogens with zero attached hydrogens (tertiary/aromatic N) is 2. The van der Waals surface area contributed by atoms with Crippen LogP contribution in [-0.2, 0) is 7.05 Å². The zero-order chi connectivity index (χ0) is 12.3. The van der Waals surface area contributed by atoms with Gasteiger partial charge in [-0.1, -0.05) is 19.1 Å². The van der Waals surface area contributed by atoms with Crippen molar-refractivity contribution in [3.8, 4) is 17.0 Å². The van der Waals surface area contributed by atoms with E-state index in [1.165, 1.54) is 0 Å². The molecule has 0 saturated heterocycles. The second kappa shape index (κ2) is 4.91. The molecule has 0 spiro atoms. The highest BCUT2D eigenvalue weighted by atomic mass is 16.5. The maximum Gasteiger partial charge on any atom is 0.121 e. The molecule has 4 heteroatoms. The van der Waals surface area contributed by atoms with E-state index in [-0.39, 0.29) is 0 Å². The number of anilines is 1. The molecule has 1 heterocycles. The van der Waals surface area contributed by atoms with E-state index < -0.39 is 0 Å². The van der Waals surface area contributed by atoms with Crippen molar-refractivity contribution >= 4 is 5.82 Å². The number of aromatic nitrogens is 2. The van der Waals surface area contributed by atoms with E-state index in [0.717, 1.165) is 30.0 Å². The quantitative estimate of drug-likeness (QED) is 0.879. The first-order chi connectivity index (χ1) is 8.20. The minimum Gasteiger partial charge on any atom is -0.494 e. The molecule has 2 aromatic rings. The minimum absolute atomic E-state index is 0.653. The van der Waals surface area contributed by atoms with Gasteiger partial charge in [0.25, 0.3) is 0 Å². The number of nitrogen functional groups attached to an aromatic ring is 1. The van der Waals surface area contributed by atoms with Crippen LogP contribution in [0.25, 0.3) is 11.3 Å². The van der Waals surface area contributed by atoms with Crippen molar-refractivity contribution in [2.45, 2.75) is 13.3 Å². The lowest BCUT2D eigenvalue weighted by Gasteiger charge is -2.05. The summed E-state index contributed by atoms with van der Waals surface area (Å²) in [6.45, 7) is 2.82. The molecule has 0 atom stereocenters. The van der Waals surface area contributed by atoms with Crippen molar-refractivity contribution in [2.24, 2.45) is 7.05 Å². The van der Waals surface area contributed by atoms with Gasteiger partial charge in [-0.05, 0) is 18.6 Å². The molecule has 90 valence electrons. The SMILES string of the molecule is CCCOc1cccc(-c2cc(N)n(C)n2)c1. The molecule has 0 aliphatic rings. The zero-order valence-electron chi connectivity index (χ0n) is 10.2. The summed E-state index contributed by atoms with van der Waals surface area (Å²) in [6.07, 6.45) is 1.00. The predicted octanol–water partition coefficient (Wildman–Crippen LogP) is 2.46. The van der Waals surface area contributed by atoms with E-state index in [9.17, 15) is 0 Å². The van der Waals surface area contributed by atoms with Gasteiger partial charge in [0.05, 0.1) is 12.3 Å². The van der Waals surface area contributed by atoms with Crippen LogP contribution < -0.4 is 10.5 Å². The molecule has 1 aromatic heterocycles. The van der Waals surface area contributed by atoms with Crippen LogP contribution in [0.1, 0.15) is 13.3 Å². The second-order valence-corrected chi connectivity index (χ2v) is 3.95. The van der Waals surface area contributed by atoms with Gasteiger partial charge in [-0.25, -0.2) is 0 Å². The number of rotatable bonds is 4. The Hall–Kier alpha value is -1.97. The van der Waals surface area contributed by atoms with Crippen molar-refractivity contribution in [1.82, 2.24) is 9.78 Å². The van der Waals surface area contributed by atoms with Gasteiger partial charge in [0.1, 0.15) is 11.6 Å². The summed E-state index contributed by atoms with van der Waals surface area (Å²) >= 11 is 0. The van der Waals surface area contributed by atoms with Crippen LogP contribution >= 0.6 is 0 Å². The molecule has 2 rings (SSSR count). The van der Waals surface area contributed by atoms with E-state index in [4.69, 9.17) is 10.5 Å². The highest BCUT2D eigenvalue weighted by molar-refractivity contribution is 5.63. The van der Waals surface area contributed by atoms with Crippen molar-refractivity contribution in [2.75, 3.05) is 12.3 Å². The Morgan fingerprint density at radius 3 is 2.82 bits per heavy atom. The van der Waals surface area contributed by atoms with E-state index in [2.05, 4.69) is 12.0 Å². The Morgan fingerprint density at radius 1 is 1.35 bits per heavy atom. The smallest absolute Gasteiger partial charge is 0.121 e. The molecule has 0 unspecified atom stereocenters. The Bertz CT molecular complexity index is 486. The molecule has 17 heavy (non-hydrogen) atoms. The number of hydrogen-bond donors (Lipinski definition) is 1. The van der Waals surface area contributed by atoms with Crippen LogP contribution in [0.15, 0.2) is 30.3 Å². The average molecular weight is 231 g/mol. The molecular weight excluding hydrogens is 214 g/mol. The van der Waals surface area contributed by atoms with Crippen LogP contribution in [0.4, 0.5) is 5.82 Å². The summed E-state index contributed by atoms with van der Waals surface area (Å²) < 4.78 is 7.25. The number of benzene rings is 1. The summed E-state index contributed by atoms with van der Waals surface area (Å²) in [4.78, 5) is 0. The third-order valence-electron chi connectivity index (χ3n) is 2.52. The van der Waals surface area contributed by atoms with Crippen molar-refractivity contribution in [1.29, 1.82) is 0 Å². The lowest BCUT2D eigenvalue weighted by Crippen LogP contribution is -1.96. The van der Waals surface area contributed by atoms with Gasteiger partial charge in [0.15, 0.2) is 0 Å². The fourth-order valence-corrected chi connectivity index (χ4v) is 1.59. The van der Waals surface area contributed by atoms with Gasteiger partial charge < -0.3 is 10.5 Å². The van der Waals surface area contributed by atoms with Gasteiger partial charge >= 0.3 is 0 Å². The fourth-order valence-electron chi connectivity index (χ4n) is 1.59. The molecule has 0 amide bonds. The first-order valence-corrected chi connectivity index (χ1v) is 5.73. The maximum absolute atomic E-state index is 5.77. The molecule has 0 saturated carbocycles. The molecule has 2 N–H and O–H groups in total. The van der Waals surface area contributed by atoms with E-state index in [1.54, 1.807) is 4.68 Å². The second-order valence-electron chi connectivity index (χ2n) is 3.95. The molecule has 0 radical (unpaired) electrons.